The van der Waals surface area contributed by atoms with E-state index in [1.54, 1.807) is 12.7 Å². The number of carbonyl (C=O) groups excluding carboxylic acids is 1. The van der Waals surface area contributed by atoms with Crippen LogP contribution >= 0.6 is 0 Å². The molecule has 0 bridgehead atoms. The number of fused-ring (bicyclic) bond motifs is 5. The van der Waals surface area contributed by atoms with Crippen molar-refractivity contribution in [2.45, 2.75) is 84.5 Å². The maximum atomic E-state index is 12.5. The zero-order valence-electron chi connectivity index (χ0n) is 16.3. The molecule has 3 nitrogen and oxygen atoms in total. The highest BCUT2D eigenvalue weighted by atomic mass is 16.7. The van der Waals surface area contributed by atoms with Gasteiger partial charge < -0.3 is 9.47 Å². The van der Waals surface area contributed by atoms with Gasteiger partial charge in [0, 0.05) is 18.9 Å². The maximum Gasteiger partial charge on any atom is 0.154 e. The second-order valence-corrected chi connectivity index (χ2v) is 9.48. The number of methoxy groups -OCH3 is 1. The van der Waals surface area contributed by atoms with E-state index in [1.807, 2.05) is 6.92 Å². The Labute approximate surface area is 152 Å². The van der Waals surface area contributed by atoms with Gasteiger partial charge in [-0.15, -0.1) is 0 Å². The van der Waals surface area contributed by atoms with Gasteiger partial charge in [-0.25, -0.2) is 0 Å². The lowest BCUT2D eigenvalue weighted by Gasteiger charge is -2.57. The number of ether oxygens (including phenoxy) is 2. The van der Waals surface area contributed by atoms with Crippen LogP contribution in [0.1, 0.15) is 72.1 Å². The van der Waals surface area contributed by atoms with Gasteiger partial charge in [0.2, 0.25) is 0 Å². The van der Waals surface area contributed by atoms with Gasteiger partial charge in [-0.2, -0.15) is 0 Å². The Morgan fingerprint density at radius 3 is 2.60 bits per heavy atom. The number of hydrogen-bond donors (Lipinski definition) is 0. The van der Waals surface area contributed by atoms with Crippen LogP contribution in [-0.4, -0.2) is 25.3 Å². The second kappa shape index (κ2) is 6.20. The first-order valence-electron chi connectivity index (χ1n) is 10.3. The third-order valence-corrected chi connectivity index (χ3v) is 8.48. The average molecular weight is 347 g/mol. The Morgan fingerprint density at radius 2 is 1.84 bits per heavy atom. The summed E-state index contributed by atoms with van der Waals surface area (Å²) in [6.07, 6.45) is 11.6. The molecule has 0 amide bonds. The smallest absolute Gasteiger partial charge is 0.154 e. The molecule has 4 aliphatic carbocycles. The van der Waals surface area contributed by atoms with Crippen molar-refractivity contribution in [3.63, 3.8) is 0 Å². The lowest BCUT2D eigenvalue weighted by molar-refractivity contribution is -0.155. The molecule has 7 atom stereocenters. The molecule has 3 fully saturated rings. The first-order chi connectivity index (χ1) is 11.9. The highest BCUT2D eigenvalue weighted by Gasteiger charge is 2.58. The Kier molecular flexibility index (Phi) is 4.39. The molecule has 0 aromatic heterocycles. The molecule has 3 heteroatoms. The number of carbonyl (C=O) groups is 1. The number of allylic oxidation sites excluding steroid dienone is 1. The monoisotopic (exact) mass is 346 g/mol. The Morgan fingerprint density at radius 1 is 1.12 bits per heavy atom. The first-order valence-corrected chi connectivity index (χ1v) is 10.3. The fourth-order valence-electron chi connectivity index (χ4n) is 6.84. The van der Waals surface area contributed by atoms with Gasteiger partial charge in [0.1, 0.15) is 5.78 Å². The summed E-state index contributed by atoms with van der Waals surface area (Å²) in [6.45, 7) is 6.75. The number of rotatable bonds is 3. The molecule has 0 N–H and O–H groups in total. The Balaban J connectivity index is 1.55. The van der Waals surface area contributed by atoms with Crippen LogP contribution in [0, 0.1) is 28.6 Å². The minimum absolute atomic E-state index is 0.0168. The minimum atomic E-state index is -0.119. The largest absolute Gasteiger partial charge is 0.356 e. The highest BCUT2D eigenvalue weighted by molar-refractivity contribution is 5.87. The third kappa shape index (κ3) is 2.65. The van der Waals surface area contributed by atoms with Crippen molar-refractivity contribution < 1.29 is 14.3 Å². The van der Waals surface area contributed by atoms with E-state index in [1.165, 1.54) is 19.3 Å². The zero-order valence-corrected chi connectivity index (χ0v) is 16.3. The van der Waals surface area contributed by atoms with Crippen LogP contribution in [0.3, 0.4) is 0 Å². The van der Waals surface area contributed by atoms with E-state index in [0.29, 0.717) is 29.1 Å². The van der Waals surface area contributed by atoms with E-state index in [0.717, 1.165) is 38.0 Å². The van der Waals surface area contributed by atoms with E-state index in [2.05, 4.69) is 19.9 Å². The summed E-state index contributed by atoms with van der Waals surface area (Å²) in [5.41, 5.74) is 1.93. The molecule has 3 saturated carbocycles. The van der Waals surface area contributed by atoms with Crippen molar-refractivity contribution in [2.75, 3.05) is 7.11 Å². The standard InChI is InChI=1S/C22H34O3/c1-14(24-4)25-16-9-11-21(2)15(13-16)5-6-17-18-7-8-20(23)22(18,3)12-10-19(17)21/h5,14,16-19H,6-13H2,1-4H3/t14?,16?,17-,18-,19+,21-,22-/m0/s1. The highest BCUT2D eigenvalue weighted by Crippen LogP contribution is 2.64. The van der Waals surface area contributed by atoms with Crippen LogP contribution in [0.5, 0.6) is 0 Å². The van der Waals surface area contributed by atoms with Crippen LogP contribution in [0.2, 0.25) is 0 Å². The fourth-order valence-corrected chi connectivity index (χ4v) is 6.84. The minimum Gasteiger partial charge on any atom is -0.356 e. The van der Waals surface area contributed by atoms with Crippen LogP contribution in [0.25, 0.3) is 0 Å². The molecule has 140 valence electrons. The van der Waals surface area contributed by atoms with Gasteiger partial charge in [-0.3, -0.25) is 4.79 Å². The van der Waals surface area contributed by atoms with Gasteiger partial charge in [-0.1, -0.05) is 25.5 Å². The third-order valence-electron chi connectivity index (χ3n) is 8.48. The molecule has 0 radical (unpaired) electrons. The molecule has 0 aliphatic heterocycles. The molecule has 0 heterocycles. The van der Waals surface area contributed by atoms with E-state index in [-0.39, 0.29) is 11.7 Å². The summed E-state index contributed by atoms with van der Waals surface area (Å²) in [6, 6.07) is 0. The average Bonchev–Trinajstić information content (AvgIpc) is 2.90. The molecule has 4 rings (SSSR count). The Bertz CT molecular complexity index is 582. The van der Waals surface area contributed by atoms with Crippen molar-refractivity contribution >= 4 is 5.78 Å². The quantitative estimate of drug-likeness (QED) is 0.539. The van der Waals surface area contributed by atoms with Crippen molar-refractivity contribution in [3.05, 3.63) is 11.6 Å². The predicted molar refractivity (Wildman–Crippen MR) is 98.1 cm³/mol. The van der Waals surface area contributed by atoms with E-state index < -0.39 is 0 Å². The van der Waals surface area contributed by atoms with E-state index >= 15 is 0 Å². The summed E-state index contributed by atoms with van der Waals surface area (Å²) in [4.78, 5) is 12.5. The van der Waals surface area contributed by atoms with Crippen LogP contribution in [0.15, 0.2) is 11.6 Å². The lowest BCUT2D eigenvalue weighted by atomic mass is 9.48. The van der Waals surface area contributed by atoms with Crippen LogP contribution in [0.4, 0.5) is 0 Å². The molecular weight excluding hydrogens is 312 g/mol. The van der Waals surface area contributed by atoms with Crippen molar-refractivity contribution in [3.8, 4) is 0 Å². The first kappa shape index (κ1) is 17.7. The van der Waals surface area contributed by atoms with Crippen LogP contribution < -0.4 is 0 Å². The van der Waals surface area contributed by atoms with Crippen molar-refractivity contribution in [2.24, 2.45) is 28.6 Å². The number of ketones is 1. The predicted octanol–water partition coefficient (Wildman–Crippen LogP) is 4.90. The molecular formula is C22H34O3. The molecule has 0 spiro atoms. The van der Waals surface area contributed by atoms with Gasteiger partial charge in [0.05, 0.1) is 6.10 Å². The van der Waals surface area contributed by atoms with Gasteiger partial charge in [0.25, 0.3) is 0 Å². The summed E-state index contributed by atoms with van der Waals surface area (Å²) in [5, 5.41) is 0. The molecule has 0 aromatic carbocycles. The summed E-state index contributed by atoms with van der Waals surface area (Å²) in [5.74, 6) is 2.64. The molecule has 25 heavy (non-hydrogen) atoms. The lowest BCUT2D eigenvalue weighted by Crippen LogP contribution is -2.50. The number of hydrogen-bond acceptors (Lipinski definition) is 3. The number of Topliss-reactive ketones (excluding diaryl/α,β-unsaturated/α-hetero) is 1. The molecule has 4 aliphatic rings. The SMILES string of the molecule is COC(C)OC1CC[C@@]2(C)C(=CC[C@@H]3[C@H]2CC[C@]2(C)C(=O)CC[C@@H]32)C1. The topological polar surface area (TPSA) is 35.5 Å². The second-order valence-electron chi connectivity index (χ2n) is 9.48. The Hall–Kier alpha value is -0.670. The van der Waals surface area contributed by atoms with E-state index in [9.17, 15) is 4.79 Å². The van der Waals surface area contributed by atoms with Gasteiger partial charge >= 0.3 is 0 Å². The maximum absolute atomic E-state index is 12.5. The van der Waals surface area contributed by atoms with Gasteiger partial charge in [0.15, 0.2) is 6.29 Å². The normalized spacial score (nSPS) is 47.5. The molecule has 0 saturated heterocycles. The van der Waals surface area contributed by atoms with Crippen molar-refractivity contribution in [1.82, 2.24) is 0 Å². The van der Waals surface area contributed by atoms with Crippen LogP contribution in [-0.2, 0) is 14.3 Å². The summed E-state index contributed by atoms with van der Waals surface area (Å²) < 4.78 is 11.4. The van der Waals surface area contributed by atoms with E-state index in [4.69, 9.17) is 9.47 Å². The van der Waals surface area contributed by atoms with Crippen molar-refractivity contribution in [1.29, 1.82) is 0 Å². The summed E-state index contributed by atoms with van der Waals surface area (Å²) in [7, 11) is 1.71. The zero-order chi connectivity index (χ0) is 17.8. The molecule has 2 unspecified atom stereocenters. The fraction of sp³-hybridized carbons (Fsp3) is 0.864. The molecule has 0 aromatic rings. The summed E-state index contributed by atoms with van der Waals surface area (Å²) >= 11 is 0. The van der Waals surface area contributed by atoms with Gasteiger partial charge in [-0.05, 0) is 75.0 Å².